The molecule has 0 atom stereocenters. The van der Waals surface area contributed by atoms with Crippen LogP contribution in [0.4, 0.5) is 5.69 Å². The van der Waals surface area contributed by atoms with E-state index >= 15 is 0 Å². The number of hydrogen-bond donors (Lipinski definition) is 1. The standard InChI is InChI=1S/C19H20N4O3S2/c1-23(8-13-9-27-10-20-13)7-12-5-6-14-15(22-17(24)11-3-4-11)16(19(25)26-2)28-18(14)21-12/h5-6,9-11H,3-4,7-8H2,1-2H3,(H,22,24). The van der Waals surface area contributed by atoms with Crippen molar-refractivity contribution in [1.29, 1.82) is 0 Å². The van der Waals surface area contributed by atoms with Gasteiger partial charge in [-0.25, -0.2) is 14.8 Å². The van der Waals surface area contributed by atoms with Gasteiger partial charge in [-0.05, 0) is 32.0 Å². The van der Waals surface area contributed by atoms with Crippen molar-refractivity contribution in [2.45, 2.75) is 25.9 Å². The Balaban J connectivity index is 1.59. The van der Waals surface area contributed by atoms with Gasteiger partial charge in [0.25, 0.3) is 0 Å². The van der Waals surface area contributed by atoms with Gasteiger partial charge in [-0.1, -0.05) is 0 Å². The number of fused-ring (bicyclic) bond motifs is 1. The Morgan fingerprint density at radius 1 is 1.29 bits per heavy atom. The smallest absolute Gasteiger partial charge is 0.350 e. The highest BCUT2D eigenvalue weighted by Crippen LogP contribution is 2.38. The summed E-state index contributed by atoms with van der Waals surface area (Å²) in [4.78, 5) is 36.7. The number of carbonyl (C=O) groups is 2. The predicted molar refractivity (Wildman–Crippen MR) is 110 cm³/mol. The topological polar surface area (TPSA) is 84.4 Å². The van der Waals surface area contributed by atoms with Gasteiger partial charge >= 0.3 is 5.97 Å². The molecule has 28 heavy (non-hydrogen) atoms. The lowest BCUT2D eigenvalue weighted by molar-refractivity contribution is -0.117. The van der Waals surface area contributed by atoms with Crippen LogP contribution in [0.1, 0.15) is 33.9 Å². The molecule has 0 bridgehead atoms. The summed E-state index contributed by atoms with van der Waals surface area (Å²) in [6, 6.07) is 3.85. The second kappa shape index (κ2) is 7.94. The monoisotopic (exact) mass is 416 g/mol. The number of pyridine rings is 1. The van der Waals surface area contributed by atoms with E-state index in [9.17, 15) is 9.59 Å². The Labute approximate surface area is 170 Å². The lowest BCUT2D eigenvalue weighted by Crippen LogP contribution is -2.18. The van der Waals surface area contributed by atoms with Gasteiger partial charge in [-0.15, -0.1) is 22.7 Å². The van der Waals surface area contributed by atoms with Gasteiger partial charge in [0.2, 0.25) is 5.91 Å². The van der Waals surface area contributed by atoms with Crippen molar-refractivity contribution in [3.05, 3.63) is 39.3 Å². The maximum Gasteiger partial charge on any atom is 0.350 e. The number of anilines is 1. The van der Waals surface area contributed by atoms with Gasteiger partial charge in [0.05, 0.1) is 29.7 Å². The number of thiazole rings is 1. The first-order valence-electron chi connectivity index (χ1n) is 8.92. The highest BCUT2D eigenvalue weighted by atomic mass is 32.1. The lowest BCUT2D eigenvalue weighted by atomic mass is 10.2. The number of hydrogen-bond acceptors (Lipinski definition) is 8. The lowest BCUT2D eigenvalue weighted by Gasteiger charge is -2.14. The largest absolute Gasteiger partial charge is 0.465 e. The Hall–Kier alpha value is -2.36. The maximum absolute atomic E-state index is 12.3. The SMILES string of the molecule is COC(=O)c1sc2nc(CN(C)Cc3cscn3)ccc2c1NC(=O)C1CC1. The number of amides is 1. The van der Waals surface area contributed by atoms with E-state index in [-0.39, 0.29) is 11.8 Å². The van der Waals surface area contributed by atoms with E-state index in [1.165, 1.54) is 18.4 Å². The number of esters is 1. The molecule has 7 nitrogen and oxygen atoms in total. The molecule has 0 radical (unpaired) electrons. The number of methoxy groups -OCH3 is 1. The fourth-order valence-corrected chi connectivity index (χ4v) is 4.58. The summed E-state index contributed by atoms with van der Waals surface area (Å²) in [5.41, 5.74) is 4.26. The molecular weight excluding hydrogens is 396 g/mol. The number of aromatic nitrogens is 2. The molecule has 0 aromatic carbocycles. The van der Waals surface area contributed by atoms with Crippen LogP contribution in [0.3, 0.4) is 0 Å². The summed E-state index contributed by atoms with van der Waals surface area (Å²) in [5.74, 6) is -0.458. The van der Waals surface area contributed by atoms with Crippen LogP contribution in [0.2, 0.25) is 0 Å². The summed E-state index contributed by atoms with van der Waals surface area (Å²) >= 11 is 2.83. The van der Waals surface area contributed by atoms with Gasteiger partial charge in [0.1, 0.15) is 9.71 Å². The number of nitrogens with one attached hydrogen (secondary N) is 1. The van der Waals surface area contributed by atoms with E-state index < -0.39 is 5.97 Å². The summed E-state index contributed by atoms with van der Waals surface area (Å²) in [5, 5.41) is 5.71. The summed E-state index contributed by atoms with van der Waals surface area (Å²) < 4.78 is 4.90. The third-order valence-electron chi connectivity index (χ3n) is 4.53. The molecule has 146 valence electrons. The molecule has 1 saturated carbocycles. The minimum absolute atomic E-state index is 0.0445. The maximum atomic E-state index is 12.3. The first-order chi connectivity index (χ1) is 13.5. The number of ether oxygens (including phenoxy) is 1. The second-order valence-electron chi connectivity index (χ2n) is 6.87. The second-order valence-corrected chi connectivity index (χ2v) is 8.59. The number of nitrogens with zero attached hydrogens (tertiary/aromatic N) is 3. The summed E-state index contributed by atoms with van der Waals surface area (Å²) in [6.07, 6.45) is 1.80. The third-order valence-corrected chi connectivity index (χ3v) is 6.24. The van der Waals surface area contributed by atoms with Crippen LogP contribution in [0, 0.1) is 5.92 Å². The van der Waals surface area contributed by atoms with Crippen LogP contribution in [0.5, 0.6) is 0 Å². The average molecular weight is 417 g/mol. The van der Waals surface area contributed by atoms with E-state index in [0.29, 0.717) is 21.9 Å². The van der Waals surface area contributed by atoms with Crippen LogP contribution in [-0.4, -0.2) is 40.9 Å². The van der Waals surface area contributed by atoms with Gasteiger partial charge in [-0.2, -0.15) is 0 Å². The zero-order valence-electron chi connectivity index (χ0n) is 15.6. The highest BCUT2D eigenvalue weighted by Gasteiger charge is 2.31. The molecule has 0 saturated heterocycles. The zero-order chi connectivity index (χ0) is 19.7. The van der Waals surface area contributed by atoms with Crippen LogP contribution >= 0.6 is 22.7 Å². The Kier molecular flexibility index (Phi) is 5.38. The van der Waals surface area contributed by atoms with Crippen molar-refractivity contribution in [3.8, 4) is 0 Å². The highest BCUT2D eigenvalue weighted by molar-refractivity contribution is 7.21. The van der Waals surface area contributed by atoms with E-state index in [0.717, 1.165) is 36.2 Å². The summed E-state index contributed by atoms with van der Waals surface area (Å²) in [6.45, 7) is 1.40. The number of thiophene rings is 1. The molecular formula is C19H20N4O3S2. The molecule has 3 aromatic rings. The van der Waals surface area contributed by atoms with Crippen LogP contribution in [0.15, 0.2) is 23.0 Å². The molecule has 1 fully saturated rings. The molecule has 1 aliphatic rings. The van der Waals surface area contributed by atoms with Gasteiger partial charge < -0.3 is 10.1 Å². The quantitative estimate of drug-likeness (QED) is 0.593. The van der Waals surface area contributed by atoms with Gasteiger partial charge in [0.15, 0.2) is 0 Å². The molecule has 3 heterocycles. The van der Waals surface area contributed by atoms with Crippen molar-refractivity contribution < 1.29 is 14.3 Å². The number of rotatable bonds is 7. The van der Waals surface area contributed by atoms with E-state index in [1.54, 1.807) is 11.3 Å². The van der Waals surface area contributed by atoms with E-state index in [4.69, 9.17) is 9.72 Å². The average Bonchev–Trinajstić information content (AvgIpc) is 3.31. The fourth-order valence-electron chi connectivity index (χ4n) is 2.96. The minimum atomic E-state index is -0.462. The molecule has 1 aliphatic carbocycles. The molecule has 1 amide bonds. The molecule has 0 aliphatic heterocycles. The Morgan fingerprint density at radius 3 is 2.75 bits per heavy atom. The first-order valence-corrected chi connectivity index (χ1v) is 10.7. The van der Waals surface area contributed by atoms with Crippen molar-refractivity contribution in [1.82, 2.24) is 14.9 Å². The minimum Gasteiger partial charge on any atom is -0.465 e. The van der Waals surface area contributed by atoms with Crippen LogP contribution in [0.25, 0.3) is 10.2 Å². The third kappa shape index (κ3) is 4.06. The molecule has 9 heteroatoms. The van der Waals surface area contributed by atoms with E-state index in [2.05, 4.69) is 15.2 Å². The predicted octanol–water partition coefficient (Wildman–Crippen LogP) is 3.52. The zero-order valence-corrected chi connectivity index (χ0v) is 17.2. The van der Waals surface area contributed by atoms with Crippen molar-refractivity contribution in [3.63, 3.8) is 0 Å². The van der Waals surface area contributed by atoms with Crippen molar-refractivity contribution in [2.75, 3.05) is 19.5 Å². The van der Waals surface area contributed by atoms with Crippen LogP contribution < -0.4 is 5.32 Å². The molecule has 0 unspecified atom stereocenters. The molecule has 1 N–H and O–H groups in total. The normalized spacial score (nSPS) is 13.8. The Morgan fingerprint density at radius 2 is 2.07 bits per heavy atom. The number of carbonyl (C=O) groups excluding carboxylic acids is 2. The molecule has 0 spiro atoms. The molecule has 4 rings (SSSR count). The molecule has 3 aromatic heterocycles. The summed E-state index contributed by atoms with van der Waals surface area (Å²) in [7, 11) is 3.35. The Bertz CT molecular complexity index is 1010. The fraction of sp³-hybridized carbons (Fsp3) is 0.368. The van der Waals surface area contributed by atoms with Crippen molar-refractivity contribution in [2.24, 2.45) is 5.92 Å². The van der Waals surface area contributed by atoms with Gasteiger partial charge in [0, 0.05) is 29.8 Å². The van der Waals surface area contributed by atoms with Crippen molar-refractivity contribution >= 4 is 50.5 Å². The van der Waals surface area contributed by atoms with E-state index in [1.807, 2.05) is 30.1 Å². The van der Waals surface area contributed by atoms with Gasteiger partial charge in [-0.3, -0.25) is 9.69 Å². The first kappa shape index (κ1) is 19.0. The van der Waals surface area contributed by atoms with Crippen LogP contribution in [-0.2, 0) is 22.6 Å².